The number of carbonyl (C=O) groups is 1. The molecule has 0 radical (unpaired) electrons. The van der Waals surface area contributed by atoms with Crippen LogP contribution in [0, 0.1) is 11.6 Å². The van der Waals surface area contributed by atoms with E-state index < -0.39 is 24.0 Å². The lowest BCUT2D eigenvalue weighted by atomic mass is 10.0. The van der Waals surface area contributed by atoms with Gasteiger partial charge in [-0.15, -0.1) is 0 Å². The highest BCUT2D eigenvalue weighted by Gasteiger charge is 2.26. The zero-order valence-electron chi connectivity index (χ0n) is 13.9. The Balaban J connectivity index is 1.49. The van der Waals surface area contributed by atoms with E-state index in [0.29, 0.717) is 22.9 Å². The van der Waals surface area contributed by atoms with Crippen molar-refractivity contribution in [2.24, 2.45) is 0 Å². The van der Waals surface area contributed by atoms with E-state index in [1.54, 1.807) is 30.3 Å². The number of aromatic nitrogens is 2. The van der Waals surface area contributed by atoms with E-state index in [2.05, 4.69) is 15.5 Å². The first-order valence-electron chi connectivity index (χ1n) is 8.48. The van der Waals surface area contributed by atoms with Crippen LogP contribution in [0.5, 0.6) is 0 Å². The maximum absolute atomic E-state index is 14.4. The average Bonchev–Trinajstić information content (AvgIpc) is 3.38. The molecular weight excluding hydrogens is 336 g/mol. The third kappa shape index (κ3) is 3.49. The molecule has 0 unspecified atom stereocenters. The van der Waals surface area contributed by atoms with Gasteiger partial charge in [0.15, 0.2) is 5.82 Å². The summed E-state index contributed by atoms with van der Waals surface area (Å²) in [4.78, 5) is 12.1. The third-order valence-electron chi connectivity index (χ3n) is 4.47. The zero-order valence-corrected chi connectivity index (χ0v) is 13.9. The minimum Gasteiger partial charge on any atom is -0.309 e. The number of amides is 1. The van der Waals surface area contributed by atoms with E-state index in [9.17, 15) is 13.6 Å². The van der Waals surface area contributed by atoms with Crippen molar-refractivity contribution in [3.8, 4) is 11.1 Å². The molecule has 2 N–H and O–H groups in total. The Hall–Kier alpha value is -3.02. The summed E-state index contributed by atoms with van der Waals surface area (Å²) in [6, 6.07) is 13.2. The van der Waals surface area contributed by atoms with Gasteiger partial charge in [-0.25, -0.2) is 8.78 Å². The number of H-pyrrole nitrogens is 1. The van der Waals surface area contributed by atoms with Gasteiger partial charge in [-0.2, -0.15) is 5.10 Å². The SMILES string of the molecule is O=C(Cc1c(F)cc(-c2ccccc2)cc1F)Nc1cc(C2CC2)[nH]n1. The fourth-order valence-corrected chi connectivity index (χ4v) is 2.92. The summed E-state index contributed by atoms with van der Waals surface area (Å²) >= 11 is 0. The molecule has 132 valence electrons. The Bertz CT molecular complexity index is 926. The molecule has 0 atom stereocenters. The normalized spacial score (nSPS) is 13.6. The number of benzene rings is 2. The molecule has 0 aliphatic heterocycles. The van der Waals surface area contributed by atoms with Gasteiger partial charge in [-0.05, 0) is 36.1 Å². The molecular formula is C20H17F2N3O. The molecule has 0 saturated heterocycles. The van der Waals surface area contributed by atoms with Crippen LogP contribution in [0.2, 0.25) is 0 Å². The number of nitrogens with zero attached hydrogens (tertiary/aromatic N) is 1. The molecule has 6 heteroatoms. The average molecular weight is 353 g/mol. The molecule has 1 aromatic heterocycles. The number of rotatable bonds is 5. The summed E-state index contributed by atoms with van der Waals surface area (Å²) in [6.07, 6.45) is 1.83. The van der Waals surface area contributed by atoms with Crippen LogP contribution in [-0.2, 0) is 11.2 Å². The molecule has 1 fully saturated rings. The second-order valence-corrected chi connectivity index (χ2v) is 6.49. The van der Waals surface area contributed by atoms with E-state index in [1.807, 2.05) is 6.07 Å². The number of halogens is 2. The quantitative estimate of drug-likeness (QED) is 0.714. The minimum absolute atomic E-state index is 0.250. The van der Waals surface area contributed by atoms with Gasteiger partial charge in [-0.1, -0.05) is 30.3 Å². The van der Waals surface area contributed by atoms with Gasteiger partial charge in [0.1, 0.15) is 11.6 Å². The zero-order chi connectivity index (χ0) is 18.1. The number of nitrogens with one attached hydrogen (secondary N) is 2. The Morgan fingerprint density at radius 1 is 1.08 bits per heavy atom. The predicted molar refractivity (Wildman–Crippen MR) is 94.7 cm³/mol. The van der Waals surface area contributed by atoms with Gasteiger partial charge >= 0.3 is 0 Å². The maximum Gasteiger partial charge on any atom is 0.230 e. The smallest absolute Gasteiger partial charge is 0.230 e. The van der Waals surface area contributed by atoms with Crippen molar-refractivity contribution in [1.29, 1.82) is 0 Å². The summed E-state index contributed by atoms with van der Waals surface area (Å²) in [5.74, 6) is -1.13. The van der Waals surface area contributed by atoms with E-state index in [4.69, 9.17) is 0 Å². The van der Waals surface area contributed by atoms with Crippen molar-refractivity contribution < 1.29 is 13.6 Å². The van der Waals surface area contributed by atoms with E-state index in [0.717, 1.165) is 18.5 Å². The summed E-state index contributed by atoms with van der Waals surface area (Å²) in [7, 11) is 0. The lowest BCUT2D eigenvalue weighted by Crippen LogP contribution is -2.16. The van der Waals surface area contributed by atoms with Crippen molar-refractivity contribution in [2.45, 2.75) is 25.2 Å². The van der Waals surface area contributed by atoms with Gasteiger partial charge in [0.05, 0.1) is 6.42 Å². The highest BCUT2D eigenvalue weighted by molar-refractivity contribution is 5.91. The number of hydrogen-bond donors (Lipinski definition) is 2. The van der Waals surface area contributed by atoms with Crippen LogP contribution in [0.3, 0.4) is 0 Å². The molecule has 1 aliphatic carbocycles. The summed E-state index contributed by atoms with van der Waals surface area (Å²) in [5, 5.41) is 9.47. The van der Waals surface area contributed by atoms with Crippen LogP contribution in [-0.4, -0.2) is 16.1 Å². The van der Waals surface area contributed by atoms with Crippen LogP contribution in [0.4, 0.5) is 14.6 Å². The molecule has 2 aromatic carbocycles. The number of anilines is 1. The molecule has 4 nitrogen and oxygen atoms in total. The highest BCUT2D eigenvalue weighted by atomic mass is 19.1. The van der Waals surface area contributed by atoms with Crippen LogP contribution in [0.1, 0.15) is 30.0 Å². The van der Waals surface area contributed by atoms with Crippen LogP contribution in [0.25, 0.3) is 11.1 Å². The lowest BCUT2D eigenvalue weighted by Gasteiger charge is -2.08. The first kappa shape index (κ1) is 16.4. The van der Waals surface area contributed by atoms with Gasteiger partial charge < -0.3 is 5.32 Å². The second kappa shape index (κ2) is 6.71. The highest BCUT2D eigenvalue weighted by Crippen LogP contribution is 2.39. The lowest BCUT2D eigenvalue weighted by molar-refractivity contribution is -0.115. The second-order valence-electron chi connectivity index (χ2n) is 6.49. The number of aromatic amines is 1. The fourth-order valence-electron chi connectivity index (χ4n) is 2.92. The maximum atomic E-state index is 14.4. The van der Waals surface area contributed by atoms with Crippen molar-refractivity contribution in [3.05, 3.63) is 71.4 Å². The predicted octanol–water partition coefficient (Wildman–Crippen LogP) is 4.41. The van der Waals surface area contributed by atoms with E-state index in [-0.39, 0.29) is 5.56 Å². The van der Waals surface area contributed by atoms with E-state index in [1.165, 1.54) is 12.1 Å². The molecule has 26 heavy (non-hydrogen) atoms. The van der Waals surface area contributed by atoms with E-state index >= 15 is 0 Å². The Kier molecular flexibility index (Phi) is 4.24. The molecule has 1 aliphatic rings. The topological polar surface area (TPSA) is 57.8 Å². The van der Waals surface area contributed by atoms with Crippen molar-refractivity contribution in [1.82, 2.24) is 10.2 Å². The van der Waals surface area contributed by atoms with Crippen LogP contribution >= 0.6 is 0 Å². The van der Waals surface area contributed by atoms with Crippen molar-refractivity contribution in [3.63, 3.8) is 0 Å². The Morgan fingerprint density at radius 2 is 1.77 bits per heavy atom. The largest absolute Gasteiger partial charge is 0.309 e. The molecule has 4 rings (SSSR count). The first-order valence-corrected chi connectivity index (χ1v) is 8.48. The van der Waals surface area contributed by atoms with Gasteiger partial charge in [0.25, 0.3) is 0 Å². The van der Waals surface area contributed by atoms with Crippen LogP contribution < -0.4 is 5.32 Å². The summed E-state index contributed by atoms with van der Waals surface area (Å²) in [6.45, 7) is 0. The van der Waals surface area contributed by atoms with Crippen molar-refractivity contribution >= 4 is 11.7 Å². The molecule has 0 spiro atoms. The molecule has 1 saturated carbocycles. The number of carbonyl (C=O) groups excluding carboxylic acids is 1. The summed E-state index contributed by atoms with van der Waals surface area (Å²) in [5.41, 5.74) is 1.88. The number of hydrogen-bond acceptors (Lipinski definition) is 2. The first-order chi connectivity index (χ1) is 12.6. The fraction of sp³-hybridized carbons (Fsp3) is 0.200. The van der Waals surface area contributed by atoms with Gasteiger partial charge in [0.2, 0.25) is 5.91 Å². The van der Waals surface area contributed by atoms with Crippen molar-refractivity contribution in [2.75, 3.05) is 5.32 Å². The van der Waals surface area contributed by atoms with Crippen LogP contribution in [0.15, 0.2) is 48.5 Å². The molecule has 0 bridgehead atoms. The monoisotopic (exact) mass is 353 g/mol. The minimum atomic E-state index is -0.736. The third-order valence-corrected chi connectivity index (χ3v) is 4.47. The van der Waals surface area contributed by atoms with Gasteiger partial charge in [-0.3, -0.25) is 9.89 Å². The van der Waals surface area contributed by atoms with Gasteiger partial charge in [0, 0.05) is 23.2 Å². The molecule has 1 heterocycles. The standard InChI is InChI=1S/C20H17F2N3O/c21-16-8-14(12-4-2-1-3-5-12)9-17(22)15(16)10-20(26)23-19-11-18(24-25-19)13-6-7-13/h1-5,8-9,11,13H,6-7,10H2,(H2,23,24,25,26). The molecule has 1 amide bonds. The Morgan fingerprint density at radius 3 is 2.42 bits per heavy atom. The molecule has 3 aromatic rings. The Labute approximate surface area is 149 Å². The summed E-state index contributed by atoms with van der Waals surface area (Å²) < 4.78 is 28.7.